The van der Waals surface area contributed by atoms with Crippen molar-refractivity contribution >= 4 is 27.6 Å². The molecule has 1 aromatic heterocycles. The van der Waals surface area contributed by atoms with Crippen LogP contribution in [0.25, 0.3) is 11.1 Å². The van der Waals surface area contributed by atoms with Crippen molar-refractivity contribution < 1.29 is 27.2 Å². The summed E-state index contributed by atoms with van der Waals surface area (Å²) in [7, 11) is -2.69. The third kappa shape index (κ3) is 6.05. The Morgan fingerprint density at radius 3 is 2.51 bits per heavy atom. The molecule has 0 N–H and O–H groups in total. The number of hydrogen-bond donors (Lipinski definition) is 0. The quantitative estimate of drug-likeness (QED) is 0.207. The Kier molecular flexibility index (Phi) is 8.87. The van der Waals surface area contributed by atoms with Crippen LogP contribution in [-0.4, -0.2) is 56.2 Å². The van der Waals surface area contributed by atoms with Gasteiger partial charge in [-0.25, -0.2) is 12.7 Å². The zero-order chi connectivity index (χ0) is 31.8. The van der Waals surface area contributed by atoms with Crippen molar-refractivity contribution in [1.82, 2.24) is 10.1 Å². The molecule has 11 heteroatoms. The van der Waals surface area contributed by atoms with Crippen LogP contribution in [0, 0.1) is 19.8 Å². The zero-order valence-corrected chi connectivity index (χ0v) is 27.4. The Morgan fingerprint density at radius 2 is 1.84 bits per heavy atom. The van der Waals surface area contributed by atoms with Gasteiger partial charge in [-0.05, 0) is 75.1 Å². The number of aromatic nitrogens is 1. The number of hydrogen-bond acceptors (Lipinski definition) is 8. The molecule has 0 bridgehead atoms. The summed E-state index contributed by atoms with van der Waals surface area (Å²) in [6.07, 6.45) is 6.96. The van der Waals surface area contributed by atoms with E-state index in [2.05, 4.69) is 5.16 Å². The van der Waals surface area contributed by atoms with E-state index in [-0.39, 0.29) is 23.4 Å². The first kappa shape index (κ1) is 31.4. The van der Waals surface area contributed by atoms with Gasteiger partial charge in [-0.3, -0.25) is 14.7 Å². The maximum Gasteiger partial charge on any atom is 0.268 e. The van der Waals surface area contributed by atoms with Crippen LogP contribution >= 0.6 is 0 Å². The predicted octanol–water partition coefficient (Wildman–Crippen LogP) is 6.15. The first-order valence-electron chi connectivity index (χ1n) is 15.8. The molecule has 10 nitrogen and oxygen atoms in total. The third-order valence-corrected chi connectivity index (χ3v) is 11.0. The lowest BCUT2D eigenvalue weighted by molar-refractivity contribution is -0.131. The van der Waals surface area contributed by atoms with Gasteiger partial charge in [0.25, 0.3) is 15.9 Å². The van der Waals surface area contributed by atoms with E-state index in [4.69, 9.17) is 19.0 Å². The first-order valence-corrected chi connectivity index (χ1v) is 17.3. The van der Waals surface area contributed by atoms with Crippen LogP contribution in [0.2, 0.25) is 0 Å². The molecule has 1 amide bonds. The van der Waals surface area contributed by atoms with Gasteiger partial charge in [0.15, 0.2) is 5.82 Å². The van der Waals surface area contributed by atoms with E-state index in [1.54, 1.807) is 32.0 Å². The summed E-state index contributed by atoms with van der Waals surface area (Å²) in [5, 5.41) is 4.04. The second kappa shape index (κ2) is 12.7. The number of carbonyl (C=O) groups excluding carboxylic acids is 1. The Bertz CT molecular complexity index is 1700. The highest BCUT2D eigenvalue weighted by molar-refractivity contribution is 7.93. The molecule has 1 spiro atoms. The molecule has 0 unspecified atom stereocenters. The summed E-state index contributed by atoms with van der Waals surface area (Å²) < 4.78 is 46.2. The first-order chi connectivity index (χ1) is 21.7. The normalized spacial score (nSPS) is 17.8. The highest BCUT2D eigenvalue weighted by Gasteiger charge is 2.50. The van der Waals surface area contributed by atoms with Crippen molar-refractivity contribution in [3.8, 4) is 11.1 Å². The summed E-state index contributed by atoms with van der Waals surface area (Å²) in [5.41, 5.74) is 3.11. The van der Waals surface area contributed by atoms with Crippen LogP contribution in [-0.2, 0) is 37.4 Å². The van der Waals surface area contributed by atoms with Gasteiger partial charge in [-0.1, -0.05) is 54.4 Å². The van der Waals surface area contributed by atoms with Crippen LogP contribution in [0.15, 0.2) is 56.9 Å². The van der Waals surface area contributed by atoms with Crippen molar-refractivity contribution in [2.45, 2.75) is 89.3 Å². The van der Waals surface area contributed by atoms with Crippen molar-refractivity contribution in [1.29, 1.82) is 0 Å². The molecule has 0 atom stereocenters. The highest BCUT2D eigenvalue weighted by Crippen LogP contribution is 2.43. The van der Waals surface area contributed by atoms with E-state index in [9.17, 15) is 13.2 Å². The molecule has 0 saturated heterocycles. The zero-order valence-electron chi connectivity index (χ0n) is 26.5. The molecule has 2 fully saturated rings. The maximum atomic E-state index is 14.3. The van der Waals surface area contributed by atoms with Gasteiger partial charge in [0, 0.05) is 31.3 Å². The molecule has 45 heavy (non-hydrogen) atoms. The molecular weight excluding hydrogens is 592 g/mol. The van der Waals surface area contributed by atoms with E-state index >= 15 is 0 Å². The van der Waals surface area contributed by atoms with Crippen molar-refractivity contribution in [3.05, 3.63) is 64.9 Å². The lowest BCUT2D eigenvalue weighted by Gasteiger charge is -2.24. The molecular formula is C34H42N4O6S. The number of aliphatic imine (C=N–C) groups is 1. The number of sulfonamides is 1. The van der Waals surface area contributed by atoms with E-state index in [0.29, 0.717) is 42.6 Å². The van der Waals surface area contributed by atoms with E-state index in [1.165, 1.54) is 20.0 Å². The average molecular weight is 635 g/mol. The van der Waals surface area contributed by atoms with Gasteiger partial charge >= 0.3 is 0 Å². The fourth-order valence-electron chi connectivity index (χ4n) is 6.46. The number of methoxy groups -OCH3 is 1. The monoisotopic (exact) mass is 634 g/mol. The van der Waals surface area contributed by atoms with E-state index < -0.39 is 15.6 Å². The maximum absolute atomic E-state index is 14.3. The number of rotatable bonds is 13. The van der Waals surface area contributed by atoms with Gasteiger partial charge < -0.3 is 14.0 Å². The predicted molar refractivity (Wildman–Crippen MR) is 171 cm³/mol. The smallest absolute Gasteiger partial charge is 0.268 e. The number of carbonyl (C=O) groups is 1. The van der Waals surface area contributed by atoms with Crippen molar-refractivity contribution in [3.63, 3.8) is 0 Å². The van der Waals surface area contributed by atoms with Gasteiger partial charge in [0.05, 0.1) is 18.0 Å². The SMILES string of the molecule is CCOCc1cc(CN2C(=O)C3(CCCC3)N=C2CC2CC2)ccc1-c1ccccc1S(=O)(=O)N(COC)c1noc(C)c1C. The summed E-state index contributed by atoms with van der Waals surface area (Å²) in [6, 6.07) is 12.9. The lowest BCUT2D eigenvalue weighted by atomic mass is 9.96. The van der Waals surface area contributed by atoms with Crippen molar-refractivity contribution in [2.75, 3.05) is 24.8 Å². The third-order valence-electron chi connectivity index (χ3n) is 9.23. The van der Waals surface area contributed by atoms with Crippen LogP contribution in [0.3, 0.4) is 0 Å². The molecule has 3 aromatic rings. The summed E-state index contributed by atoms with van der Waals surface area (Å²) in [6.45, 7) is 6.42. The molecule has 6 rings (SSSR count). The van der Waals surface area contributed by atoms with Gasteiger partial charge in [0.2, 0.25) is 0 Å². The number of amidine groups is 1. The van der Waals surface area contributed by atoms with Crippen LogP contribution < -0.4 is 4.31 Å². The topological polar surface area (TPSA) is 115 Å². The van der Waals surface area contributed by atoms with E-state index in [1.807, 2.05) is 36.1 Å². The van der Waals surface area contributed by atoms with Crippen LogP contribution in [0.5, 0.6) is 0 Å². The summed E-state index contributed by atoms with van der Waals surface area (Å²) in [4.78, 5) is 20.9. The Balaban J connectivity index is 1.36. The molecule has 0 radical (unpaired) electrons. The number of amides is 1. The second-order valence-corrected chi connectivity index (χ2v) is 14.2. The largest absolute Gasteiger partial charge is 0.377 e. The minimum atomic E-state index is -4.13. The highest BCUT2D eigenvalue weighted by atomic mass is 32.2. The Morgan fingerprint density at radius 1 is 1.09 bits per heavy atom. The van der Waals surface area contributed by atoms with Gasteiger partial charge in [0.1, 0.15) is 23.9 Å². The number of ether oxygens (including phenoxy) is 2. The van der Waals surface area contributed by atoms with Crippen molar-refractivity contribution in [2.24, 2.45) is 10.9 Å². The van der Waals surface area contributed by atoms with E-state index in [0.717, 1.165) is 58.9 Å². The number of benzene rings is 2. The summed E-state index contributed by atoms with van der Waals surface area (Å²) in [5.74, 6) is 2.39. The second-order valence-electron chi connectivity index (χ2n) is 12.4. The average Bonchev–Trinajstić information content (AvgIpc) is 3.54. The van der Waals surface area contributed by atoms with Gasteiger partial charge in [-0.15, -0.1) is 0 Å². The number of anilines is 1. The minimum absolute atomic E-state index is 0.115. The van der Waals surface area contributed by atoms with Crippen LogP contribution in [0.4, 0.5) is 5.82 Å². The minimum Gasteiger partial charge on any atom is -0.377 e. The summed E-state index contributed by atoms with van der Waals surface area (Å²) >= 11 is 0. The lowest BCUT2D eigenvalue weighted by Crippen LogP contribution is -2.40. The Labute approximate surface area is 265 Å². The number of nitrogens with zero attached hydrogens (tertiary/aromatic N) is 4. The molecule has 3 aliphatic rings. The molecule has 2 saturated carbocycles. The molecule has 240 valence electrons. The molecule has 2 aliphatic carbocycles. The fraction of sp³-hybridized carbons (Fsp3) is 0.500. The molecule has 1 aliphatic heterocycles. The van der Waals surface area contributed by atoms with Gasteiger partial charge in [-0.2, -0.15) is 0 Å². The molecule has 2 aromatic carbocycles. The fourth-order valence-corrected chi connectivity index (χ4v) is 8.05. The molecule has 2 heterocycles. The van der Waals surface area contributed by atoms with Crippen LogP contribution in [0.1, 0.15) is 74.3 Å². The standard InChI is InChI=1S/C34H42N4O6S/c1-5-43-21-27-18-26(20-37-31(19-25-12-13-25)35-34(33(37)39)16-8-9-17-34)14-15-28(27)29-10-6-7-11-30(29)45(40,41)38(22-42-4)32-23(2)24(3)44-36-32/h6-7,10-11,14-15,18,25H,5,8-9,12-13,16-17,19-22H2,1-4H3. The Hall–Kier alpha value is -3.54. The number of aryl methyl sites for hydroxylation is 1.